The Bertz CT molecular complexity index is 463. The number of urea groups is 1. The summed E-state index contributed by atoms with van der Waals surface area (Å²) in [7, 11) is 0. The van der Waals surface area contributed by atoms with Crippen LogP contribution in [-0.2, 0) is 9.53 Å². The van der Waals surface area contributed by atoms with Crippen molar-refractivity contribution in [3.63, 3.8) is 0 Å². The van der Waals surface area contributed by atoms with E-state index in [1.165, 1.54) is 0 Å². The number of anilines is 1. The summed E-state index contributed by atoms with van der Waals surface area (Å²) in [5, 5.41) is 14.3. The smallest absolute Gasteiger partial charge is 0.321 e. The van der Waals surface area contributed by atoms with Crippen molar-refractivity contribution < 1.29 is 19.4 Å². The quantitative estimate of drug-likeness (QED) is 0.717. The summed E-state index contributed by atoms with van der Waals surface area (Å²) < 4.78 is 8.95. The van der Waals surface area contributed by atoms with Gasteiger partial charge in [0, 0.05) is 11.5 Å². The maximum atomic E-state index is 11.6. The van der Waals surface area contributed by atoms with E-state index in [4.69, 9.17) is 9.84 Å². The molecule has 9 heteroatoms. The molecule has 1 aromatic heterocycles. The van der Waals surface area contributed by atoms with Gasteiger partial charge in [0.15, 0.2) is 0 Å². The maximum absolute atomic E-state index is 11.6. The van der Waals surface area contributed by atoms with Gasteiger partial charge in [-0.05, 0) is 6.92 Å². The average molecular weight is 272 g/mol. The maximum Gasteiger partial charge on any atom is 0.321 e. The molecule has 2 heterocycles. The van der Waals surface area contributed by atoms with Crippen molar-refractivity contribution in [1.29, 1.82) is 0 Å². The normalized spacial score (nSPS) is 22.7. The number of carboxylic acids is 1. The molecule has 0 saturated carbocycles. The second kappa shape index (κ2) is 5.27. The molecule has 2 rings (SSSR count). The number of rotatable bonds is 3. The van der Waals surface area contributed by atoms with Crippen molar-refractivity contribution in [2.24, 2.45) is 5.92 Å². The van der Waals surface area contributed by atoms with Crippen LogP contribution in [0.1, 0.15) is 5.82 Å². The lowest BCUT2D eigenvalue weighted by atomic mass is 10.0. The van der Waals surface area contributed by atoms with Crippen molar-refractivity contribution in [3.8, 4) is 0 Å². The van der Waals surface area contributed by atoms with E-state index >= 15 is 0 Å². The van der Waals surface area contributed by atoms with E-state index in [9.17, 15) is 9.59 Å². The summed E-state index contributed by atoms with van der Waals surface area (Å²) in [5.41, 5.74) is 0. The molecule has 1 aliphatic heterocycles. The van der Waals surface area contributed by atoms with Gasteiger partial charge in [-0.2, -0.15) is 4.37 Å². The Morgan fingerprint density at radius 2 is 2.28 bits per heavy atom. The van der Waals surface area contributed by atoms with Gasteiger partial charge in [0.1, 0.15) is 11.7 Å². The summed E-state index contributed by atoms with van der Waals surface area (Å²) >= 11 is 1.06. The Kier molecular flexibility index (Phi) is 3.72. The first kappa shape index (κ1) is 12.7. The molecule has 2 atom stereocenters. The first-order chi connectivity index (χ1) is 8.56. The fraction of sp³-hybridized carbons (Fsp3) is 0.556. The molecule has 0 aromatic carbocycles. The van der Waals surface area contributed by atoms with Crippen LogP contribution in [0.3, 0.4) is 0 Å². The molecule has 1 aliphatic rings. The van der Waals surface area contributed by atoms with Crippen LogP contribution in [0.4, 0.5) is 9.93 Å². The predicted octanol–water partition coefficient (Wildman–Crippen LogP) is 0.0676. The van der Waals surface area contributed by atoms with Gasteiger partial charge in [0.05, 0.1) is 19.3 Å². The molecular formula is C9H12N4O4S. The molecular weight excluding hydrogens is 260 g/mol. The van der Waals surface area contributed by atoms with Crippen molar-refractivity contribution in [2.45, 2.75) is 13.0 Å². The van der Waals surface area contributed by atoms with E-state index in [0.29, 0.717) is 11.0 Å². The molecule has 18 heavy (non-hydrogen) atoms. The van der Waals surface area contributed by atoms with Crippen LogP contribution in [0.2, 0.25) is 0 Å². The fourth-order valence-electron chi connectivity index (χ4n) is 1.59. The van der Waals surface area contributed by atoms with Gasteiger partial charge in [-0.25, -0.2) is 9.78 Å². The molecule has 1 saturated heterocycles. The molecule has 8 nitrogen and oxygen atoms in total. The van der Waals surface area contributed by atoms with Gasteiger partial charge < -0.3 is 15.2 Å². The minimum absolute atomic E-state index is 0.109. The lowest BCUT2D eigenvalue weighted by molar-refractivity contribution is -0.142. The Morgan fingerprint density at radius 3 is 2.89 bits per heavy atom. The number of amides is 2. The summed E-state index contributed by atoms with van der Waals surface area (Å²) in [6.07, 6.45) is 0. The highest BCUT2D eigenvalue weighted by Gasteiger charge is 2.35. The van der Waals surface area contributed by atoms with Crippen molar-refractivity contribution in [3.05, 3.63) is 5.82 Å². The zero-order chi connectivity index (χ0) is 13.1. The van der Waals surface area contributed by atoms with E-state index in [1.54, 1.807) is 6.92 Å². The number of nitrogens with one attached hydrogen (secondary N) is 2. The van der Waals surface area contributed by atoms with Crippen LogP contribution < -0.4 is 10.6 Å². The lowest BCUT2D eigenvalue weighted by Crippen LogP contribution is -2.44. The SMILES string of the molecule is Cc1nsc(NC(=O)NC2COCC2C(=O)O)n1. The highest BCUT2D eigenvalue weighted by atomic mass is 32.1. The number of hydrogen-bond acceptors (Lipinski definition) is 6. The van der Waals surface area contributed by atoms with E-state index < -0.39 is 24.0 Å². The number of aromatic nitrogens is 2. The van der Waals surface area contributed by atoms with Crippen LogP contribution in [0.15, 0.2) is 0 Å². The van der Waals surface area contributed by atoms with Gasteiger partial charge >= 0.3 is 12.0 Å². The molecule has 2 amide bonds. The van der Waals surface area contributed by atoms with Crippen molar-refractivity contribution in [1.82, 2.24) is 14.7 Å². The highest BCUT2D eigenvalue weighted by Crippen LogP contribution is 2.15. The van der Waals surface area contributed by atoms with E-state index in [0.717, 1.165) is 11.5 Å². The number of ether oxygens (including phenoxy) is 1. The Hall–Kier alpha value is -1.74. The van der Waals surface area contributed by atoms with Gasteiger partial charge in [-0.1, -0.05) is 0 Å². The van der Waals surface area contributed by atoms with Gasteiger partial charge in [0.25, 0.3) is 0 Å². The number of aryl methyl sites for hydroxylation is 1. The number of nitrogens with zero attached hydrogens (tertiary/aromatic N) is 2. The average Bonchev–Trinajstić information content (AvgIpc) is 2.87. The van der Waals surface area contributed by atoms with Gasteiger partial charge in [-0.3, -0.25) is 10.1 Å². The Labute approximate surface area is 107 Å². The van der Waals surface area contributed by atoms with E-state index in [1.807, 2.05) is 0 Å². The lowest BCUT2D eigenvalue weighted by Gasteiger charge is -2.15. The minimum atomic E-state index is -0.982. The Balaban J connectivity index is 1.89. The van der Waals surface area contributed by atoms with Gasteiger partial charge in [-0.15, -0.1) is 0 Å². The van der Waals surface area contributed by atoms with Crippen LogP contribution in [0.25, 0.3) is 0 Å². The second-order valence-electron chi connectivity index (χ2n) is 3.83. The molecule has 0 aliphatic carbocycles. The highest BCUT2D eigenvalue weighted by molar-refractivity contribution is 7.09. The number of carbonyl (C=O) groups is 2. The third kappa shape index (κ3) is 2.93. The monoisotopic (exact) mass is 272 g/mol. The van der Waals surface area contributed by atoms with E-state index in [-0.39, 0.29) is 13.2 Å². The molecule has 1 fully saturated rings. The minimum Gasteiger partial charge on any atom is -0.481 e. The zero-order valence-electron chi connectivity index (χ0n) is 9.54. The standard InChI is InChI=1S/C9H12N4O4S/c1-4-10-9(18-13-4)12-8(16)11-6-3-17-2-5(6)7(14)15/h5-6H,2-3H2,1H3,(H,14,15)(H2,10,11,12,13,16). The summed E-state index contributed by atoms with van der Waals surface area (Å²) in [6.45, 7) is 2.02. The van der Waals surface area contributed by atoms with Gasteiger partial charge in [0.2, 0.25) is 5.13 Å². The molecule has 0 radical (unpaired) electrons. The summed E-state index contributed by atoms with van der Waals surface area (Å²) in [4.78, 5) is 26.5. The largest absolute Gasteiger partial charge is 0.481 e. The van der Waals surface area contributed by atoms with Crippen LogP contribution in [0.5, 0.6) is 0 Å². The summed E-state index contributed by atoms with van der Waals surface area (Å²) in [6, 6.07) is -1.04. The summed E-state index contributed by atoms with van der Waals surface area (Å²) in [5.74, 6) is -1.13. The van der Waals surface area contributed by atoms with Crippen molar-refractivity contribution in [2.75, 3.05) is 18.5 Å². The number of carbonyl (C=O) groups excluding carboxylic acids is 1. The number of hydrogen-bond donors (Lipinski definition) is 3. The Morgan fingerprint density at radius 1 is 1.50 bits per heavy atom. The predicted molar refractivity (Wildman–Crippen MR) is 62.5 cm³/mol. The number of aliphatic carboxylic acids is 1. The zero-order valence-corrected chi connectivity index (χ0v) is 10.4. The fourth-order valence-corrected chi connectivity index (χ4v) is 2.16. The molecule has 3 N–H and O–H groups in total. The number of carboxylic acid groups (broad SMARTS) is 1. The van der Waals surface area contributed by atoms with Crippen LogP contribution in [-0.4, -0.2) is 45.7 Å². The molecule has 0 bridgehead atoms. The first-order valence-electron chi connectivity index (χ1n) is 5.24. The second-order valence-corrected chi connectivity index (χ2v) is 4.59. The molecule has 2 unspecified atom stereocenters. The van der Waals surface area contributed by atoms with Crippen LogP contribution in [0, 0.1) is 12.8 Å². The van der Waals surface area contributed by atoms with E-state index in [2.05, 4.69) is 20.0 Å². The van der Waals surface area contributed by atoms with Crippen molar-refractivity contribution >= 4 is 28.7 Å². The first-order valence-corrected chi connectivity index (χ1v) is 6.02. The molecule has 0 spiro atoms. The van der Waals surface area contributed by atoms with Crippen LogP contribution >= 0.6 is 11.5 Å². The molecule has 98 valence electrons. The molecule has 1 aromatic rings. The third-order valence-corrected chi connectivity index (χ3v) is 3.18. The third-order valence-electron chi connectivity index (χ3n) is 2.46. The topological polar surface area (TPSA) is 113 Å².